The second kappa shape index (κ2) is 5.84. The van der Waals surface area contributed by atoms with Crippen molar-refractivity contribution < 1.29 is 0 Å². The van der Waals surface area contributed by atoms with Crippen LogP contribution in [0.5, 0.6) is 0 Å². The monoisotopic (exact) mass is 261 g/mol. The summed E-state index contributed by atoms with van der Waals surface area (Å²) in [5, 5.41) is 3.29. The van der Waals surface area contributed by atoms with Gasteiger partial charge >= 0.3 is 0 Å². The van der Waals surface area contributed by atoms with Gasteiger partial charge in [-0.3, -0.25) is 4.90 Å². The van der Waals surface area contributed by atoms with Crippen LogP contribution >= 0.6 is 0 Å². The summed E-state index contributed by atoms with van der Waals surface area (Å²) in [6, 6.07) is 0.880. The molecule has 0 aromatic carbocycles. The molecule has 0 spiro atoms. The third-order valence-corrected chi connectivity index (χ3v) is 3.93. The van der Waals surface area contributed by atoms with E-state index in [2.05, 4.69) is 32.0 Å². The fourth-order valence-corrected chi connectivity index (χ4v) is 2.60. The molecule has 2 fully saturated rings. The molecule has 1 aromatic heterocycles. The predicted octanol–water partition coefficient (Wildman–Crippen LogP) is 0.870. The van der Waals surface area contributed by atoms with Crippen molar-refractivity contribution in [2.24, 2.45) is 0 Å². The minimum absolute atomic E-state index is 0.853. The average molecular weight is 261 g/mol. The summed E-state index contributed by atoms with van der Waals surface area (Å²) in [4.78, 5) is 13.9. The first-order chi connectivity index (χ1) is 9.36. The Morgan fingerprint density at radius 1 is 1.16 bits per heavy atom. The SMILES string of the molecule is CCNCc1cnc(N2CCN(C3CC3)CC2)nc1. The summed E-state index contributed by atoms with van der Waals surface area (Å²) >= 11 is 0. The van der Waals surface area contributed by atoms with E-state index in [0.29, 0.717) is 0 Å². The van der Waals surface area contributed by atoms with E-state index in [1.54, 1.807) is 0 Å². The number of nitrogens with zero attached hydrogens (tertiary/aromatic N) is 4. The molecule has 0 atom stereocenters. The molecular formula is C14H23N5. The standard InChI is InChI=1S/C14H23N5/c1-2-15-9-12-10-16-14(17-11-12)19-7-5-18(6-8-19)13-3-4-13/h10-11,13,15H,2-9H2,1H3. The Morgan fingerprint density at radius 3 is 2.42 bits per heavy atom. The largest absolute Gasteiger partial charge is 0.338 e. The van der Waals surface area contributed by atoms with Crippen molar-refractivity contribution in [2.75, 3.05) is 37.6 Å². The Bertz CT molecular complexity index is 393. The van der Waals surface area contributed by atoms with E-state index in [0.717, 1.165) is 56.8 Å². The van der Waals surface area contributed by atoms with Crippen molar-refractivity contribution in [1.82, 2.24) is 20.2 Å². The second-order valence-electron chi connectivity index (χ2n) is 5.43. The Morgan fingerprint density at radius 2 is 1.84 bits per heavy atom. The maximum atomic E-state index is 4.50. The molecule has 0 radical (unpaired) electrons. The highest BCUT2D eigenvalue weighted by Gasteiger charge is 2.31. The molecule has 0 bridgehead atoms. The number of hydrogen-bond acceptors (Lipinski definition) is 5. The van der Waals surface area contributed by atoms with Gasteiger partial charge in [-0.1, -0.05) is 6.92 Å². The average Bonchev–Trinajstić information content (AvgIpc) is 3.31. The van der Waals surface area contributed by atoms with Crippen molar-refractivity contribution >= 4 is 5.95 Å². The molecule has 104 valence electrons. The minimum Gasteiger partial charge on any atom is -0.338 e. The van der Waals surface area contributed by atoms with Crippen LogP contribution in [0.15, 0.2) is 12.4 Å². The zero-order valence-corrected chi connectivity index (χ0v) is 11.7. The third-order valence-electron chi connectivity index (χ3n) is 3.93. The van der Waals surface area contributed by atoms with Crippen LogP contribution < -0.4 is 10.2 Å². The van der Waals surface area contributed by atoms with Crippen LogP contribution in [0.1, 0.15) is 25.3 Å². The van der Waals surface area contributed by atoms with E-state index in [1.165, 1.54) is 12.8 Å². The number of rotatable bonds is 5. The lowest BCUT2D eigenvalue weighted by Gasteiger charge is -2.34. The first-order valence-electron chi connectivity index (χ1n) is 7.37. The summed E-state index contributed by atoms with van der Waals surface area (Å²) < 4.78 is 0. The lowest BCUT2D eigenvalue weighted by atomic mass is 10.3. The highest BCUT2D eigenvalue weighted by Crippen LogP contribution is 2.27. The minimum atomic E-state index is 0.853. The van der Waals surface area contributed by atoms with Crippen molar-refractivity contribution in [3.05, 3.63) is 18.0 Å². The quantitative estimate of drug-likeness (QED) is 0.852. The van der Waals surface area contributed by atoms with Gasteiger partial charge in [0.1, 0.15) is 0 Å². The van der Waals surface area contributed by atoms with Gasteiger partial charge in [0.2, 0.25) is 5.95 Å². The van der Waals surface area contributed by atoms with Crippen LogP contribution in [0.25, 0.3) is 0 Å². The van der Waals surface area contributed by atoms with Gasteiger partial charge in [-0.15, -0.1) is 0 Å². The maximum absolute atomic E-state index is 4.50. The molecule has 0 unspecified atom stereocenters. The smallest absolute Gasteiger partial charge is 0.225 e. The van der Waals surface area contributed by atoms with E-state index in [-0.39, 0.29) is 0 Å². The number of anilines is 1. The second-order valence-corrected chi connectivity index (χ2v) is 5.43. The van der Waals surface area contributed by atoms with E-state index < -0.39 is 0 Å². The van der Waals surface area contributed by atoms with E-state index in [9.17, 15) is 0 Å². The van der Waals surface area contributed by atoms with Crippen LogP contribution in [0.4, 0.5) is 5.95 Å². The Kier molecular flexibility index (Phi) is 3.94. The summed E-state index contributed by atoms with van der Waals surface area (Å²) in [6.45, 7) is 8.37. The van der Waals surface area contributed by atoms with E-state index in [4.69, 9.17) is 0 Å². The molecule has 1 aliphatic heterocycles. The molecule has 1 aromatic rings. The first-order valence-corrected chi connectivity index (χ1v) is 7.37. The Hall–Kier alpha value is -1.20. The molecule has 3 rings (SSSR count). The van der Waals surface area contributed by atoms with Crippen molar-refractivity contribution in [3.8, 4) is 0 Å². The number of piperazine rings is 1. The van der Waals surface area contributed by atoms with Gasteiger partial charge in [0.05, 0.1) is 0 Å². The highest BCUT2D eigenvalue weighted by atomic mass is 15.3. The molecule has 2 heterocycles. The number of aromatic nitrogens is 2. The molecule has 2 aliphatic rings. The van der Waals surface area contributed by atoms with Crippen molar-refractivity contribution in [3.63, 3.8) is 0 Å². The van der Waals surface area contributed by atoms with Crippen LogP contribution in [0.3, 0.4) is 0 Å². The van der Waals surface area contributed by atoms with Crippen LogP contribution in [-0.2, 0) is 6.54 Å². The Balaban J connectivity index is 1.54. The molecule has 0 amide bonds. The topological polar surface area (TPSA) is 44.3 Å². The summed E-state index contributed by atoms with van der Waals surface area (Å²) in [5.74, 6) is 0.885. The molecule has 1 N–H and O–H groups in total. The van der Waals surface area contributed by atoms with Crippen LogP contribution in [0.2, 0.25) is 0 Å². The van der Waals surface area contributed by atoms with Crippen molar-refractivity contribution in [1.29, 1.82) is 0 Å². The van der Waals surface area contributed by atoms with Crippen LogP contribution in [-0.4, -0.2) is 53.6 Å². The summed E-state index contributed by atoms with van der Waals surface area (Å²) in [6.07, 6.45) is 6.68. The normalized spacial score (nSPS) is 20.8. The van der Waals surface area contributed by atoms with Gasteiger partial charge in [-0.2, -0.15) is 0 Å². The zero-order valence-electron chi connectivity index (χ0n) is 11.7. The fourth-order valence-electron chi connectivity index (χ4n) is 2.60. The fraction of sp³-hybridized carbons (Fsp3) is 0.714. The lowest BCUT2D eigenvalue weighted by molar-refractivity contribution is 0.247. The molecule has 5 heteroatoms. The van der Waals surface area contributed by atoms with E-state index >= 15 is 0 Å². The zero-order chi connectivity index (χ0) is 13.1. The van der Waals surface area contributed by atoms with Gasteiger partial charge < -0.3 is 10.2 Å². The predicted molar refractivity (Wildman–Crippen MR) is 76.2 cm³/mol. The molecule has 5 nitrogen and oxygen atoms in total. The summed E-state index contributed by atoms with van der Waals surface area (Å²) in [7, 11) is 0. The van der Waals surface area contributed by atoms with Crippen LogP contribution in [0, 0.1) is 0 Å². The molecular weight excluding hydrogens is 238 g/mol. The van der Waals surface area contributed by atoms with E-state index in [1.807, 2.05) is 12.4 Å². The van der Waals surface area contributed by atoms with Gasteiger partial charge in [0.25, 0.3) is 0 Å². The molecule has 1 aliphatic carbocycles. The van der Waals surface area contributed by atoms with Crippen molar-refractivity contribution in [2.45, 2.75) is 32.4 Å². The highest BCUT2D eigenvalue weighted by molar-refractivity contribution is 5.30. The number of hydrogen-bond donors (Lipinski definition) is 1. The van der Waals surface area contributed by atoms with Gasteiger partial charge in [-0.25, -0.2) is 9.97 Å². The van der Waals surface area contributed by atoms with Gasteiger partial charge in [-0.05, 0) is 19.4 Å². The van der Waals surface area contributed by atoms with Gasteiger partial charge in [0.15, 0.2) is 0 Å². The maximum Gasteiger partial charge on any atom is 0.225 e. The third kappa shape index (κ3) is 3.22. The van der Waals surface area contributed by atoms with Gasteiger partial charge in [0, 0.05) is 56.7 Å². The molecule has 1 saturated heterocycles. The number of nitrogens with one attached hydrogen (secondary N) is 1. The summed E-state index contributed by atoms with van der Waals surface area (Å²) in [5.41, 5.74) is 1.15. The molecule has 19 heavy (non-hydrogen) atoms. The Labute approximate surface area is 115 Å². The lowest BCUT2D eigenvalue weighted by Crippen LogP contribution is -2.47. The molecule has 1 saturated carbocycles. The first kappa shape index (κ1) is 12.8.